The molecule has 0 aliphatic heterocycles. The van der Waals surface area contributed by atoms with Crippen LogP contribution in [0.3, 0.4) is 0 Å². The molecular weight excluding hydrogens is 298 g/mol. The summed E-state index contributed by atoms with van der Waals surface area (Å²) in [6.07, 6.45) is 7.31. The Labute approximate surface area is 148 Å². The number of hydrazine groups is 1. The summed E-state index contributed by atoms with van der Waals surface area (Å²) in [5.41, 5.74) is 16.5. The van der Waals surface area contributed by atoms with Crippen LogP contribution in [-0.2, 0) is 6.42 Å². The number of aromatic nitrogens is 1. The Balaban J connectivity index is -0.000000471. The summed E-state index contributed by atoms with van der Waals surface area (Å²) >= 11 is 0. The zero-order valence-corrected chi connectivity index (χ0v) is 16.3. The van der Waals surface area contributed by atoms with Crippen molar-refractivity contribution in [2.45, 2.75) is 54.4 Å². The van der Waals surface area contributed by atoms with Crippen LogP contribution in [0.2, 0.25) is 0 Å². The molecule has 0 saturated heterocycles. The maximum absolute atomic E-state index is 5.89. The number of nitrogens with two attached hydrogens (primary N) is 3. The third-order valence-corrected chi connectivity index (χ3v) is 2.46. The minimum absolute atomic E-state index is 0.392. The van der Waals surface area contributed by atoms with Crippen molar-refractivity contribution in [1.82, 2.24) is 4.98 Å². The number of allylic oxidation sites excluding steroid dienone is 4. The van der Waals surface area contributed by atoms with Crippen molar-refractivity contribution < 1.29 is 0 Å². The first kappa shape index (κ1) is 26.6. The van der Waals surface area contributed by atoms with Gasteiger partial charge in [0.05, 0.1) is 5.69 Å². The van der Waals surface area contributed by atoms with Crippen molar-refractivity contribution in [3.63, 3.8) is 0 Å². The minimum atomic E-state index is 0.392. The van der Waals surface area contributed by atoms with Crippen molar-refractivity contribution in [2.24, 2.45) is 5.84 Å². The molecule has 1 aromatic heterocycles. The van der Waals surface area contributed by atoms with E-state index in [0.717, 1.165) is 17.6 Å². The molecule has 5 heteroatoms. The second kappa shape index (κ2) is 18.8. The van der Waals surface area contributed by atoms with Gasteiger partial charge in [-0.25, -0.2) is 10.8 Å². The highest BCUT2D eigenvalue weighted by Crippen LogP contribution is 2.24. The number of hydrogen-bond donors (Lipinski definition) is 4. The first-order chi connectivity index (χ1) is 11.5. The lowest BCUT2D eigenvalue weighted by Gasteiger charge is -2.11. The van der Waals surface area contributed by atoms with Gasteiger partial charge < -0.3 is 16.9 Å². The smallest absolute Gasteiger partial charge is 0.165 e. The third kappa shape index (κ3) is 12.3. The van der Waals surface area contributed by atoms with Crippen molar-refractivity contribution in [3.05, 3.63) is 48.6 Å². The van der Waals surface area contributed by atoms with Crippen molar-refractivity contribution in [1.29, 1.82) is 0 Å². The fourth-order valence-corrected chi connectivity index (χ4v) is 1.45. The van der Waals surface area contributed by atoms with E-state index in [1.165, 1.54) is 0 Å². The zero-order chi connectivity index (χ0) is 19.5. The lowest BCUT2D eigenvalue weighted by atomic mass is 10.1. The average molecular weight is 336 g/mol. The highest BCUT2D eigenvalue weighted by atomic mass is 15.3. The monoisotopic (exact) mass is 335 g/mol. The number of nitrogens with one attached hydrogen (secondary N) is 1. The average Bonchev–Trinajstić information content (AvgIpc) is 2.61. The standard InChI is InChI=1S/C11H17N5.C4H8.2C2H6/c1-3-4-7(2)5-8-6-9(12)15-11(16-14)10(8)13;1-3-4-2;2*1-2/h3-4,6H,1,5,13-14H2,2H3,(H3,12,15,16);3H,1,4H2,2H3;2*1-2H3/b7-4+;;;. The highest BCUT2D eigenvalue weighted by Gasteiger charge is 2.08. The summed E-state index contributed by atoms with van der Waals surface area (Å²) in [6, 6.07) is 1.75. The van der Waals surface area contributed by atoms with Crippen molar-refractivity contribution in [2.75, 3.05) is 16.9 Å². The third-order valence-electron chi connectivity index (χ3n) is 2.46. The molecule has 0 aromatic carbocycles. The van der Waals surface area contributed by atoms with Gasteiger partial charge in [-0.2, -0.15) is 0 Å². The van der Waals surface area contributed by atoms with Gasteiger partial charge in [-0.05, 0) is 31.4 Å². The predicted molar refractivity (Wildman–Crippen MR) is 112 cm³/mol. The van der Waals surface area contributed by atoms with E-state index in [2.05, 4.69) is 30.5 Å². The fourth-order valence-electron chi connectivity index (χ4n) is 1.45. The zero-order valence-electron chi connectivity index (χ0n) is 16.3. The molecule has 0 aliphatic carbocycles. The Morgan fingerprint density at radius 3 is 2.08 bits per heavy atom. The first-order valence-electron chi connectivity index (χ1n) is 8.40. The topological polar surface area (TPSA) is 103 Å². The van der Waals surface area contributed by atoms with Gasteiger partial charge in [-0.3, -0.25) is 0 Å². The molecule has 7 N–H and O–H groups in total. The molecule has 0 amide bonds. The van der Waals surface area contributed by atoms with Gasteiger partial charge in [0.15, 0.2) is 5.82 Å². The van der Waals surface area contributed by atoms with Crippen LogP contribution in [0.4, 0.5) is 17.3 Å². The van der Waals surface area contributed by atoms with Crippen LogP contribution in [0, 0.1) is 0 Å². The minimum Gasteiger partial charge on any atom is -0.395 e. The van der Waals surface area contributed by atoms with Crippen LogP contribution in [0.5, 0.6) is 0 Å². The number of hydrogen-bond acceptors (Lipinski definition) is 5. The SMILES string of the molecule is C=C/C=C(\C)Cc1cc(N)nc(NN)c1N.C=CCC.CC.CC. The van der Waals surface area contributed by atoms with E-state index in [1.54, 1.807) is 12.1 Å². The van der Waals surface area contributed by atoms with Crippen LogP contribution in [-0.4, -0.2) is 4.98 Å². The summed E-state index contributed by atoms with van der Waals surface area (Å²) < 4.78 is 0. The molecule has 0 spiro atoms. The lowest BCUT2D eigenvalue weighted by molar-refractivity contribution is 1.12. The normalized spacial score (nSPS) is 9.04. The fraction of sp³-hybridized carbons (Fsp3) is 0.421. The lowest BCUT2D eigenvalue weighted by Crippen LogP contribution is -2.13. The Morgan fingerprint density at radius 2 is 1.71 bits per heavy atom. The van der Waals surface area contributed by atoms with Crippen LogP contribution in [0.15, 0.2) is 43.0 Å². The molecule has 1 heterocycles. The van der Waals surface area contributed by atoms with Gasteiger partial charge in [-0.1, -0.05) is 65.0 Å². The maximum atomic E-state index is 5.89. The molecule has 24 heavy (non-hydrogen) atoms. The van der Waals surface area contributed by atoms with Gasteiger partial charge in [0.1, 0.15) is 5.82 Å². The van der Waals surface area contributed by atoms with Gasteiger partial charge in [0, 0.05) is 0 Å². The molecule has 0 atom stereocenters. The largest absolute Gasteiger partial charge is 0.395 e. The Kier molecular flexibility index (Phi) is 20.8. The van der Waals surface area contributed by atoms with Crippen LogP contribution in [0.25, 0.3) is 0 Å². The van der Waals surface area contributed by atoms with E-state index in [0.29, 0.717) is 23.7 Å². The molecule has 0 aliphatic rings. The van der Waals surface area contributed by atoms with Crippen molar-refractivity contribution in [3.8, 4) is 0 Å². The molecule has 0 bridgehead atoms. The second-order valence-corrected chi connectivity index (χ2v) is 4.24. The molecule has 1 aromatic rings. The highest BCUT2D eigenvalue weighted by molar-refractivity contribution is 5.68. The number of pyridine rings is 1. The molecule has 0 fully saturated rings. The van der Waals surface area contributed by atoms with Crippen LogP contribution in [0.1, 0.15) is 53.5 Å². The van der Waals surface area contributed by atoms with Crippen molar-refractivity contribution >= 4 is 17.3 Å². The summed E-state index contributed by atoms with van der Waals surface area (Å²) in [5.74, 6) is 6.10. The van der Waals surface area contributed by atoms with E-state index in [1.807, 2.05) is 46.8 Å². The molecule has 0 unspecified atom stereocenters. The summed E-state index contributed by atoms with van der Waals surface area (Å²) in [5, 5.41) is 0. The first-order valence-corrected chi connectivity index (χ1v) is 8.40. The molecule has 1 rings (SSSR count). The molecule has 5 nitrogen and oxygen atoms in total. The van der Waals surface area contributed by atoms with E-state index < -0.39 is 0 Å². The van der Waals surface area contributed by atoms with E-state index in [9.17, 15) is 0 Å². The number of rotatable bonds is 5. The summed E-state index contributed by atoms with van der Waals surface area (Å²) in [7, 11) is 0. The Bertz CT molecular complexity index is 479. The van der Waals surface area contributed by atoms with Crippen LogP contribution >= 0.6 is 0 Å². The van der Waals surface area contributed by atoms with Gasteiger partial charge in [0.2, 0.25) is 0 Å². The summed E-state index contributed by atoms with van der Waals surface area (Å²) in [6.45, 7) is 19.2. The molecule has 0 saturated carbocycles. The number of anilines is 3. The maximum Gasteiger partial charge on any atom is 0.165 e. The Hall–Kier alpha value is -2.27. The van der Waals surface area contributed by atoms with Gasteiger partial charge in [-0.15, -0.1) is 6.58 Å². The Morgan fingerprint density at radius 1 is 1.21 bits per heavy atom. The van der Waals surface area contributed by atoms with E-state index in [4.69, 9.17) is 17.3 Å². The van der Waals surface area contributed by atoms with Crippen LogP contribution < -0.4 is 22.7 Å². The van der Waals surface area contributed by atoms with Gasteiger partial charge in [0.25, 0.3) is 0 Å². The molecular formula is C19H37N5. The summed E-state index contributed by atoms with van der Waals surface area (Å²) in [4.78, 5) is 3.98. The number of nitrogen functional groups attached to an aromatic ring is 3. The molecule has 0 radical (unpaired) electrons. The second-order valence-electron chi connectivity index (χ2n) is 4.24. The van der Waals surface area contributed by atoms with Gasteiger partial charge >= 0.3 is 0 Å². The molecule has 138 valence electrons. The number of nitrogens with zero attached hydrogens (tertiary/aromatic N) is 1. The van der Waals surface area contributed by atoms with E-state index in [-0.39, 0.29) is 0 Å². The predicted octanol–water partition coefficient (Wildman–Crippen LogP) is 4.84. The quantitative estimate of drug-likeness (QED) is 0.267. The van der Waals surface area contributed by atoms with E-state index >= 15 is 0 Å².